The number of carbonyl (C=O) groups excluding carboxylic acids is 2. The first-order chi connectivity index (χ1) is 11.6. The van der Waals surface area contributed by atoms with E-state index < -0.39 is 11.9 Å². The van der Waals surface area contributed by atoms with Crippen LogP contribution in [0, 0.1) is 5.92 Å². The molecule has 0 unspecified atom stereocenters. The Morgan fingerprint density at radius 2 is 1.54 bits per heavy atom. The van der Waals surface area contributed by atoms with E-state index in [9.17, 15) is 14.4 Å². The Balaban J connectivity index is 1.88. The van der Waals surface area contributed by atoms with E-state index in [1.807, 2.05) is 6.07 Å². The minimum absolute atomic E-state index is 0.183. The van der Waals surface area contributed by atoms with Gasteiger partial charge in [0.05, 0.1) is 11.5 Å². The second-order valence-electron chi connectivity index (χ2n) is 5.82. The Hall–Kier alpha value is -2.95. The smallest absolute Gasteiger partial charge is 0.308 e. The molecule has 5 heteroatoms. The summed E-state index contributed by atoms with van der Waals surface area (Å²) in [5.41, 5.74) is 1.17. The van der Waals surface area contributed by atoms with Crippen molar-refractivity contribution < 1.29 is 19.5 Å². The molecule has 1 fully saturated rings. The number of hydrogen-bond acceptors (Lipinski definition) is 3. The average Bonchev–Trinajstić information content (AvgIpc) is 3.12. The lowest BCUT2D eigenvalue weighted by Gasteiger charge is -2.17. The Morgan fingerprint density at radius 1 is 0.917 bits per heavy atom. The van der Waals surface area contributed by atoms with Gasteiger partial charge in [-0.2, -0.15) is 0 Å². The molecule has 122 valence electrons. The van der Waals surface area contributed by atoms with Gasteiger partial charge in [-0.1, -0.05) is 48.5 Å². The molecule has 0 saturated carbocycles. The van der Waals surface area contributed by atoms with Crippen LogP contribution in [0.15, 0.2) is 54.6 Å². The first-order valence-electron chi connectivity index (χ1n) is 7.79. The zero-order valence-electron chi connectivity index (χ0n) is 13.0. The standard InChI is InChI=1S/C19H17NO4/c21-17(13-6-2-1-3-7-13)15-8-4-5-9-16(15)18(22)20-11-10-14(12-20)19(23)24/h1-9,14H,10-12H2,(H,23,24)/t14-/m1/s1. The molecule has 1 aliphatic rings. The lowest BCUT2D eigenvalue weighted by molar-refractivity contribution is -0.141. The number of likely N-dealkylation sites (tertiary alicyclic amines) is 1. The number of rotatable bonds is 4. The molecule has 0 aromatic heterocycles. The van der Waals surface area contributed by atoms with Crippen LogP contribution in [-0.2, 0) is 4.79 Å². The first-order valence-corrected chi connectivity index (χ1v) is 7.79. The predicted octanol–water partition coefficient (Wildman–Crippen LogP) is 2.46. The number of ketones is 1. The van der Waals surface area contributed by atoms with Gasteiger partial charge >= 0.3 is 5.97 Å². The van der Waals surface area contributed by atoms with E-state index in [4.69, 9.17) is 5.11 Å². The maximum absolute atomic E-state index is 12.8. The highest BCUT2D eigenvalue weighted by Gasteiger charge is 2.32. The highest BCUT2D eigenvalue weighted by Crippen LogP contribution is 2.22. The Kier molecular flexibility index (Phi) is 4.42. The summed E-state index contributed by atoms with van der Waals surface area (Å²) in [6.07, 6.45) is 0.440. The van der Waals surface area contributed by atoms with Gasteiger partial charge in [0.2, 0.25) is 0 Å². The average molecular weight is 323 g/mol. The van der Waals surface area contributed by atoms with Crippen LogP contribution in [0.5, 0.6) is 0 Å². The molecule has 5 nitrogen and oxygen atoms in total. The summed E-state index contributed by atoms with van der Waals surface area (Å²) in [5, 5.41) is 9.08. The molecule has 0 bridgehead atoms. The highest BCUT2D eigenvalue weighted by molar-refractivity contribution is 6.15. The molecule has 1 heterocycles. The number of carboxylic acids is 1. The van der Waals surface area contributed by atoms with Crippen LogP contribution in [0.1, 0.15) is 32.7 Å². The molecule has 1 saturated heterocycles. The van der Waals surface area contributed by atoms with Crippen LogP contribution in [-0.4, -0.2) is 40.8 Å². The molecule has 1 amide bonds. The lowest BCUT2D eigenvalue weighted by atomic mass is 9.97. The van der Waals surface area contributed by atoms with Gasteiger partial charge in [-0.25, -0.2) is 0 Å². The summed E-state index contributed by atoms with van der Waals surface area (Å²) in [4.78, 5) is 38.0. The Morgan fingerprint density at radius 3 is 2.17 bits per heavy atom. The monoisotopic (exact) mass is 323 g/mol. The van der Waals surface area contributed by atoms with Gasteiger partial charge < -0.3 is 10.0 Å². The van der Waals surface area contributed by atoms with Crippen molar-refractivity contribution in [3.8, 4) is 0 Å². The van der Waals surface area contributed by atoms with E-state index in [0.29, 0.717) is 29.7 Å². The summed E-state index contributed by atoms with van der Waals surface area (Å²) in [7, 11) is 0. The number of carboxylic acid groups (broad SMARTS) is 1. The van der Waals surface area contributed by atoms with Crippen molar-refractivity contribution >= 4 is 17.7 Å². The maximum atomic E-state index is 12.8. The van der Waals surface area contributed by atoms with Gasteiger partial charge in [0, 0.05) is 24.2 Å². The van der Waals surface area contributed by atoms with Crippen molar-refractivity contribution in [2.24, 2.45) is 5.92 Å². The number of amides is 1. The fourth-order valence-electron chi connectivity index (χ4n) is 2.93. The molecule has 1 aliphatic heterocycles. The van der Waals surface area contributed by atoms with Crippen LogP contribution in [0.2, 0.25) is 0 Å². The van der Waals surface area contributed by atoms with Gasteiger partial charge in [-0.3, -0.25) is 14.4 Å². The Labute approximate surface area is 139 Å². The van der Waals surface area contributed by atoms with Gasteiger partial charge in [0.25, 0.3) is 5.91 Å². The van der Waals surface area contributed by atoms with Crippen LogP contribution in [0.4, 0.5) is 0 Å². The van der Waals surface area contributed by atoms with E-state index in [-0.39, 0.29) is 18.2 Å². The molecule has 1 N–H and O–H groups in total. The first kappa shape index (κ1) is 15.9. The summed E-state index contributed by atoms with van der Waals surface area (Å²) < 4.78 is 0. The SMILES string of the molecule is O=C(c1ccccc1)c1ccccc1C(=O)N1CC[C@@H](C(=O)O)C1. The van der Waals surface area contributed by atoms with E-state index in [1.54, 1.807) is 48.5 Å². The molecule has 24 heavy (non-hydrogen) atoms. The second kappa shape index (κ2) is 6.66. The summed E-state index contributed by atoms with van der Waals surface area (Å²) in [6, 6.07) is 15.5. The summed E-state index contributed by atoms with van der Waals surface area (Å²) in [6.45, 7) is 0.575. The quantitative estimate of drug-likeness (QED) is 0.877. The normalized spacial score (nSPS) is 16.8. The fraction of sp³-hybridized carbons (Fsp3) is 0.211. The van der Waals surface area contributed by atoms with Crippen molar-refractivity contribution in [3.05, 3.63) is 71.3 Å². The number of aliphatic carboxylic acids is 1. The highest BCUT2D eigenvalue weighted by atomic mass is 16.4. The molecule has 0 radical (unpaired) electrons. The number of hydrogen-bond donors (Lipinski definition) is 1. The third-order valence-electron chi connectivity index (χ3n) is 4.26. The maximum Gasteiger partial charge on any atom is 0.308 e. The summed E-state index contributed by atoms with van der Waals surface area (Å²) >= 11 is 0. The van der Waals surface area contributed by atoms with Crippen molar-refractivity contribution in [1.82, 2.24) is 4.90 Å². The largest absolute Gasteiger partial charge is 0.481 e. The molecule has 3 rings (SSSR count). The molecule has 2 aromatic rings. The zero-order valence-corrected chi connectivity index (χ0v) is 13.0. The van der Waals surface area contributed by atoms with Gasteiger partial charge in [-0.15, -0.1) is 0 Å². The van der Waals surface area contributed by atoms with Crippen molar-refractivity contribution in [3.63, 3.8) is 0 Å². The van der Waals surface area contributed by atoms with E-state index in [1.165, 1.54) is 4.90 Å². The van der Waals surface area contributed by atoms with Crippen molar-refractivity contribution in [2.45, 2.75) is 6.42 Å². The minimum atomic E-state index is -0.890. The van der Waals surface area contributed by atoms with Gasteiger partial charge in [0.15, 0.2) is 5.78 Å². The Bertz CT molecular complexity index is 785. The van der Waals surface area contributed by atoms with Crippen LogP contribution in [0.25, 0.3) is 0 Å². The molecule has 1 atom stereocenters. The van der Waals surface area contributed by atoms with E-state index >= 15 is 0 Å². The molecule has 0 aliphatic carbocycles. The zero-order chi connectivity index (χ0) is 17.1. The number of benzene rings is 2. The van der Waals surface area contributed by atoms with Crippen LogP contribution in [0.3, 0.4) is 0 Å². The van der Waals surface area contributed by atoms with Crippen molar-refractivity contribution in [1.29, 1.82) is 0 Å². The second-order valence-corrected chi connectivity index (χ2v) is 5.82. The minimum Gasteiger partial charge on any atom is -0.481 e. The van der Waals surface area contributed by atoms with Crippen LogP contribution >= 0.6 is 0 Å². The topological polar surface area (TPSA) is 74.7 Å². The molecular formula is C19H17NO4. The van der Waals surface area contributed by atoms with Crippen LogP contribution < -0.4 is 0 Å². The molecule has 2 aromatic carbocycles. The predicted molar refractivity (Wildman–Crippen MR) is 88.0 cm³/mol. The lowest BCUT2D eigenvalue weighted by Crippen LogP contribution is -2.31. The fourth-order valence-corrected chi connectivity index (χ4v) is 2.93. The molecular weight excluding hydrogens is 306 g/mol. The van der Waals surface area contributed by atoms with E-state index in [2.05, 4.69) is 0 Å². The third kappa shape index (κ3) is 3.06. The van der Waals surface area contributed by atoms with Gasteiger partial charge in [0.1, 0.15) is 0 Å². The summed E-state index contributed by atoms with van der Waals surface area (Å²) in [5.74, 6) is -1.93. The number of carbonyl (C=O) groups is 3. The van der Waals surface area contributed by atoms with E-state index in [0.717, 1.165) is 0 Å². The van der Waals surface area contributed by atoms with Crippen molar-refractivity contribution in [2.75, 3.05) is 13.1 Å². The third-order valence-corrected chi connectivity index (χ3v) is 4.26. The van der Waals surface area contributed by atoms with Gasteiger partial charge in [-0.05, 0) is 12.5 Å². The number of nitrogens with zero attached hydrogens (tertiary/aromatic N) is 1. The molecule has 0 spiro atoms.